The molecule has 0 aromatic heterocycles. The van der Waals surface area contributed by atoms with E-state index in [4.69, 9.17) is 4.74 Å². The van der Waals surface area contributed by atoms with Crippen LogP contribution in [0.4, 0.5) is 0 Å². The fourth-order valence-electron chi connectivity index (χ4n) is 7.79. The first-order chi connectivity index (χ1) is 12.2. The molecular weight excluding hydrogens is 332 g/mol. The molecule has 26 heavy (non-hydrogen) atoms. The predicted molar refractivity (Wildman–Crippen MR) is 96.1 cm³/mol. The molecule has 0 radical (unpaired) electrons. The van der Waals surface area contributed by atoms with Crippen LogP contribution in [0.3, 0.4) is 0 Å². The highest BCUT2D eigenvalue weighted by molar-refractivity contribution is 5.73. The molecule has 4 fully saturated rings. The van der Waals surface area contributed by atoms with Gasteiger partial charge in [0, 0.05) is 11.8 Å². The third-order valence-corrected chi connectivity index (χ3v) is 9.32. The van der Waals surface area contributed by atoms with Gasteiger partial charge in [-0.15, -0.1) is 0 Å². The van der Waals surface area contributed by atoms with Gasteiger partial charge < -0.3 is 20.1 Å². The van der Waals surface area contributed by atoms with Gasteiger partial charge in [0.1, 0.15) is 0 Å². The lowest BCUT2D eigenvalue weighted by Crippen LogP contribution is -2.68. The van der Waals surface area contributed by atoms with E-state index in [9.17, 15) is 20.1 Å². The van der Waals surface area contributed by atoms with E-state index < -0.39 is 17.8 Å². The van der Waals surface area contributed by atoms with Crippen LogP contribution in [0.2, 0.25) is 0 Å². The quantitative estimate of drug-likeness (QED) is 0.620. The van der Waals surface area contributed by atoms with Crippen LogP contribution in [0.25, 0.3) is 0 Å². The van der Waals surface area contributed by atoms with Crippen LogP contribution in [0.1, 0.15) is 65.2 Å². The van der Waals surface area contributed by atoms with Crippen molar-refractivity contribution in [1.29, 1.82) is 0 Å². The van der Waals surface area contributed by atoms with Crippen LogP contribution in [-0.2, 0) is 9.53 Å². The summed E-state index contributed by atoms with van der Waals surface area (Å²) in [5.41, 5.74) is -1.62. The third-order valence-electron chi connectivity index (χ3n) is 9.32. The van der Waals surface area contributed by atoms with Gasteiger partial charge in [0.2, 0.25) is 0 Å². The van der Waals surface area contributed by atoms with Crippen LogP contribution in [0.5, 0.6) is 0 Å². The van der Waals surface area contributed by atoms with Gasteiger partial charge in [-0.1, -0.05) is 13.8 Å². The smallest absolute Gasteiger partial charge is 0.309 e. The molecule has 0 aliphatic heterocycles. The van der Waals surface area contributed by atoms with Crippen molar-refractivity contribution in [3.05, 3.63) is 0 Å². The van der Waals surface area contributed by atoms with Crippen molar-refractivity contribution in [2.45, 2.75) is 83.0 Å². The summed E-state index contributed by atoms with van der Waals surface area (Å²) in [5.74, 6) is 0.940. The lowest BCUT2D eigenvalue weighted by molar-refractivity contribution is -0.264. The number of aliphatic hydroxyl groups excluding tert-OH is 2. The van der Waals surface area contributed by atoms with Crippen molar-refractivity contribution in [3.63, 3.8) is 0 Å². The van der Waals surface area contributed by atoms with E-state index in [-0.39, 0.29) is 29.1 Å². The first-order valence-electron chi connectivity index (χ1n) is 10.3. The number of hydrogen-bond acceptors (Lipinski definition) is 5. The summed E-state index contributed by atoms with van der Waals surface area (Å²) < 4.78 is 5.08. The lowest BCUT2D eigenvalue weighted by atomic mass is 9.42. The minimum Gasteiger partial charge on any atom is -0.469 e. The van der Waals surface area contributed by atoms with Crippen molar-refractivity contribution in [1.82, 2.24) is 0 Å². The molecule has 4 aliphatic rings. The van der Waals surface area contributed by atoms with Crippen molar-refractivity contribution >= 4 is 5.97 Å². The van der Waals surface area contributed by atoms with Gasteiger partial charge in [0.05, 0.1) is 30.8 Å². The summed E-state index contributed by atoms with van der Waals surface area (Å²) in [6.45, 7) is 4.37. The molecule has 3 N–H and O–H groups in total. The highest BCUT2D eigenvalue weighted by Crippen LogP contribution is 2.68. The Labute approximate surface area is 156 Å². The Kier molecular flexibility index (Phi) is 4.26. The van der Waals surface area contributed by atoms with E-state index in [2.05, 4.69) is 13.8 Å². The third kappa shape index (κ3) is 2.23. The molecule has 9 atom stereocenters. The molecule has 0 heterocycles. The molecule has 0 spiro atoms. The maximum absolute atomic E-state index is 12.3. The molecule has 5 nitrogen and oxygen atoms in total. The van der Waals surface area contributed by atoms with Crippen molar-refractivity contribution in [3.8, 4) is 0 Å². The van der Waals surface area contributed by atoms with Gasteiger partial charge >= 0.3 is 5.97 Å². The number of hydrogen-bond donors (Lipinski definition) is 3. The molecule has 4 rings (SSSR count). The first kappa shape index (κ1) is 18.7. The summed E-state index contributed by atoms with van der Waals surface area (Å²) in [4.78, 5) is 12.3. The van der Waals surface area contributed by atoms with Crippen LogP contribution in [0.15, 0.2) is 0 Å². The summed E-state index contributed by atoms with van der Waals surface area (Å²) in [7, 11) is 1.48. The predicted octanol–water partition coefficient (Wildman–Crippen LogP) is 2.26. The highest BCUT2D eigenvalue weighted by Gasteiger charge is 2.67. The van der Waals surface area contributed by atoms with E-state index in [1.807, 2.05) is 0 Å². The van der Waals surface area contributed by atoms with Gasteiger partial charge in [-0.3, -0.25) is 4.79 Å². The molecule has 0 amide bonds. The maximum Gasteiger partial charge on any atom is 0.309 e. The summed E-state index contributed by atoms with van der Waals surface area (Å²) in [5, 5.41) is 32.5. The minimum absolute atomic E-state index is 0.0441. The lowest BCUT2D eigenvalue weighted by Gasteiger charge is -2.65. The van der Waals surface area contributed by atoms with Crippen LogP contribution in [0, 0.1) is 34.5 Å². The monoisotopic (exact) mass is 366 g/mol. The van der Waals surface area contributed by atoms with Crippen molar-refractivity contribution in [2.24, 2.45) is 34.5 Å². The fraction of sp³-hybridized carbons (Fsp3) is 0.952. The Bertz CT molecular complexity index is 593. The zero-order chi connectivity index (χ0) is 18.9. The number of carbonyl (C=O) groups is 1. The number of rotatable bonds is 1. The molecule has 0 aromatic rings. The number of ether oxygens (including phenoxy) is 1. The Morgan fingerprint density at radius 2 is 1.77 bits per heavy atom. The highest BCUT2D eigenvalue weighted by atomic mass is 16.5. The van der Waals surface area contributed by atoms with Gasteiger partial charge in [-0.25, -0.2) is 0 Å². The Morgan fingerprint density at radius 1 is 1.04 bits per heavy atom. The van der Waals surface area contributed by atoms with E-state index in [1.54, 1.807) is 0 Å². The Morgan fingerprint density at radius 3 is 2.46 bits per heavy atom. The van der Waals surface area contributed by atoms with Gasteiger partial charge in [0.15, 0.2) is 0 Å². The van der Waals surface area contributed by atoms with E-state index in [0.29, 0.717) is 30.6 Å². The summed E-state index contributed by atoms with van der Waals surface area (Å²) in [6.07, 6.45) is 4.81. The van der Waals surface area contributed by atoms with Gasteiger partial charge in [-0.2, -0.15) is 0 Å². The average molecular weight is 366 g/mol. The molecule has 4 aliphatic carbocycles. The molecule has 0 saturated heterocycles. The number of methoxy groups -OCH3 is 1. The average Bonchev–Trinajstić information content (AvgIpc) is 2.94. The second-order valence-electron chi connectivity index (χ2n) is 10.1. The molecule has 0 bridgehead atoms. The second-order valence-corrected chi connectivity index (χ2v) is 10.1. The first-order valence-corrected chi connectivity index (χ1v) is 10.3. The Balaban J connectivity index is 1.67. The fourth-order valence-corrected chi connectivity index (χ4v) is 7.79. The Hall–Kier alpha value is -0.650. The number of aliphatic hydroxyl groups is 3. The van der Waals surface area contributed by atoms with Gasteiger partial charge in [0.25, 0.3) is 0 Å². The van der Waals surface area contributed by atoms with Gasteiger partial charge in [-0.05, 0) is 68.1 Å². The van der Waals surface area contributed by atoms with Crippen LogP contribution in [-0.4, -0.2) is 46.2 Å². The molecule has 1 unspecified atom stereocenters. The van der Waals surface area contributed by atoms with E-state index >= 15 is 0 Å². The summed E-state index contributed by atoms with van der Waals surface area (Å²) >= 11 is 0. The molecule has 4 saturated carbocycles. The molecule has 0 aromatic carbocycles. The largest absolute Gasteiger partial charge is 0.469 e. The van der Waals surface area contributed by atoms with E-state index in [1.165, 1.54) is 7.11 Å². The molecule has 5 heteroatoms. The summed E-state index contributed by atoms with van der Waals surface area (Å²) in [6, 6.07) is 0. The standard InChI is InChI=1S/C21H34O5/c1-19-8-7-15-13(14(19)4-5-16(19)18(24)26-3)10-17(23)21(25)11-12(22)6-9-20(15,21)2/h12-17,22-23,25H,4-11H2,1-3H3/t12?,13-,14-,15-,16+,17+,19-,20+,21-/m0/s1. The number of esters is 1. The number of carbonyl (C=O) groups excluding carboxylic acids is 1. The second kappa shape index (κ2) is 5.92. The topological polar surface area (TPSA) is 87.0 Å². The zero-order valence-electron chi connectivity index (χ0n) is 16.3. The van der Waals surface area contributed by atoms with Crippen LogP contribution >= 0.6 is 0 Å². The van der Waals surface area contributed by atoms with E-state index in [0.717, 1.165) is 32.1 Å². The minimum atomic E-state index is -1.19. The van der Waals surface area contributed by atoms with Crippen LogP contribution < -0.4 is 0 Å². The normalized spacial score (nSPS) is 56.2. The van der Waals surface area contributed by atoms with Crippen molar-refractivity contribution in [2.75, 3.05) is 7.11 Å². The maximum atomic E-state index is 12.3. The van der Waals surface area contributed by atoms with Crippen molar-refractivity contribution < 1.29 is 24.9 Å². The SMILES string of the molecule is COC(=O)[C@H]1CC[C@H]2[C@@H]3C[C@@H](O)[C@@]4(O)CC(O)CC[C@]4(C)[C@H]3CC[C@]12C. The molecular formula is C21H34O5. The molecule has 148 valence electrons. The number of fused-ring (bicyclic) bond motifs is 5. The zero-order valence-corrected chi connectivity index (χ0v) is 16.3.